The molecular weight excluding hydrogens is 369 g/mol. The van der Waals surface area contributed by atoms with Gasteiger partial charge in [0.1, 0.15) is 11.7 Å². The van der Waals surface area contributed by atoms with Crippen molar-refractivity contribution < 1.29 is 13.9 Å². The minimum atomic E-state index is -1.15. The van der Waals surface area contributed by atoms with E-state index in [1.165, 1.54) is 19.3 Å². The molecule has 1 aliphatic carbocycles. The van der Waals surface area contributed by atoms with Crippen molar-refractivity contribution in [1.29, 1.82) is 0 Å². The summed E-state index contributed by atoms with van der Waals surface area (Å²) in [5.74, 6) is 0.147. The second-order valence-corrected chi connectivity index (χ2v) is 9.19. The van der Waals surface area contributed by atoms with E-state index < -0.39 is 17.8 Å². The molecule has 156 valence electrons. The van der Waals surface area contributed by atoms with Crippen molar-refractivity contribution >= 4 is 17.5 Å². The molecule has 2 heterocycles. The predicted molar refractivity (Wildman–Crippen MR) is 105 cm³/mol. The van der Waals surface area contributed by atoms with Gasteiger partial charge in [-0.25, -0.2) is 9.82 Å². The summed E-state index contributed by atoms with van der Waals surface area (Å²) in [7, 11) is 0. The van der Waals surface area contributed by atoms with Gasteiger partial charge in [0.05, 0.1) is 24.1 Å². The van der Waals surface area contributed by atoms with Crippen molar-refractivity contribution in [2.45, 2.75) is 94.5 Å². The molecule has 0 radical (unpaired) electrons. The minimum absolute atomic E-state index is 0.00955. The maximum atomic E-state index is 14.7. The third-order valence-corrected chi connectivity index (χ3v) is 6.89. The highest BCUT2D eigenvalue weighted by Crippen LogP contribution is 2.39. The van der Waals surface area contributed by atoms with E-state index >= 15 is 0 Å². The van der Waals surface area contributed by atoms with Gasteiger partial charge < -0.3 is 9.64 Å². The van der Waals surface area contributed by atoms with Gasteiger partial charge in [0.25, 0.3) is 0 Å². The van der Waals surface area contributed by atoms with Crippen molar-refractivity contribution in [3.8, 4) is 0 Å². The molecule has 3 fully saturated rings. The standard InChI is InChI=1S/C20H35ClFN3O2/c1-14(2)27-17-10-11-25(13-16(17)22)19(26)20(18(21)12-23-24-20)15-8-6-4-3-5-7-9-15/h14-18,23-24H,3-13H2,1-2H3/t16-,17+,18?,20?/m1/s1. The summed E-state index contributed by atoms with van der Waals surface area (Å²) in [4.78, 5) is 15.3. The van der Waals surface area contributed by atoms with E-state index in [1.54, 1.807) is 4.90 Å². The summed E-state index contributed by atoms with van der Waals surface area (Å²) in [6, 6.07) is 0. The van der Waals surface area contributed by atoms with Crippen molar-refractivity contribution in [2.24, 2.45) is 5.92 Å². The SMILES string of the molecule is CC(C)O[C@H]1CCN(C(=O)C2(C3CCCCCCC3)NNCC2Cl)C[C@H]1F. The molecule has 1 saturated carbocycles. The fraction of sp³-hybridized carbons (Fsp3) is 0.950. The summed E-state index contributed by atoms with van der Waals surface area (Å²) in [5.41, 5.74) is 5.55. The summed E-state index contributed by atoms with van der Waals surface area (Å²) < 4.78 is 20.4. The molecule has 2 saturated heterocycles. The number of nitrogens with zero attached hydrogens (tertiary/aromatic N) is 1. The zero-order valence-corrected chi connectivity index (χ0v) is 17.4. The monoisotopic (exact) mass is 403 g/mol. The molecule has 4 atom stereocenters. The number of ether oxygens (including phenoxy) is 1. The molecule has 3 aliphatic rings. The molecule has 27 heavy (non-hydrogen) atoms. The quantitative estimate of drug-likeness (QED) is 0.708. The summed E-state index contributed by atoms with van der Waals surface area (Å²) >= 11 is 6.72. The van der Waals surface area contributed by atoms with E-state index in [0.717, 1.165) is 25.7 Å². The van der Waals surface area contributed by atoms with Crippen LogP contribution in [0.2, 0.25) is 0 Å². The van der Waals surface area contributed by atoms with Crippen LogP contribution in [0.25, 0.3) is 0 Å². The zero-order chi connectivity index (χ0) is 19.4. The fourth-order valence-electron chi connectivity index (χ4n) is 4.99. The molecule has 0 bridgehead atoms. The lowest BCUT2D eigenvalue weighted by Crippen LogP contribution is -2.66. The van der Waals surface area contributed by atoms with Gasteiger partial charge in [-0.2, -0.15) is 0 Å². The Labute approximate surface area is 167 Å². The van der Waals surface area contributed by atoms with Crippen LogP contribution in [-0.4, -0.2) is 59.7 Å². The number of hydrogen-bond acceptors (Lipinski definition) is 4. The molecule has 7 heteroatoms. The van der Waals surface area contributed by atoms with Crippen molar-refractivity contribution in [3.63, 3.8) is 0 Å². The Morgan fingerprint density at radius 3 is 2.41 bits per heavy atom. The number of hydrazine groups is 1. The molecule has 1 amide bonds. The average Bonchev–Trinajstić information content (AvgIpc) is 2.98. The van der Waals surface area contributed by atoms with Crippen LogP contribution in [0.1, 0.15) is 65.2 Å². The van der Waals surface area contributed by atoms with E-state index in [9.17, 15) is 9.18 Å². The van der Waals surface area contributed by atoms with Crippen molar-refractivity contribution in [3.05, 3.63) is 0 Å². The molecule has 2 unspecified atom stereocenters. The van der Waals surface area contributed by atoms with Crippen LogP contribution < -0.4 is 10.9 Å². The molecule has 2 aliphatic heterocycles. The van der Waals surface area contributed by atoms with Gasteiger partial charge in [0, 0.05) is 13.1 Å². The number of piperidine rings is 1. The Morgan fingerprint density at radius 1 is 1.19 bits per heavy atom. The molecule has 5 nitrogen and oxygen atoms in total. The van der Waals surface area contributed by atoms with E-state index in [1.807, 2.05) is 13.8 Å². The molecule has 3 rings (SSSR count). The van der Waals surface area contributed by atoms with E-state index in [0.29, 0.717) is 19.5 Å². The van der Waals surface area contributed by atoms with Crippen LogP contribution in [0.15, 0.2) is 0 Å². The number of nitrogens with one attached hydrogen (secondary N) is 2. The first-order chi connectivity index (χ1) is 12.9. The normalized spacial score (nSPS) is 36.6. The maximum absolute atomic E-state index is 14.7. The zero-order valence-electron chi connectivity index (χ0n) is 16.7. The summed E-state index contributed by atoms with van der Waals surface area (Å²) in [6.07, 6.45) is 6.90. The van der Waals surface area contributed by atoms with Crippen LogP contribution >= 0.6 is 11.6 Å². The second kappa shape index (κ2) is 9.38. The number of carbonyl (C=O) groups excluding carboxylic acids is 1. The Morgan fingerprint density at radius 2 is 1.85 bits per heavy atom. The molecular formula is C20H35ClFN3O2. The first kappa shape index (κ1) is 21.3. The Bertz CT molecular complexity index is 502. The van der Waals surface area contributed by atoms with Crippen molar-refractivity contribution in [2.75, 3.05) is 19.6 Å². The van der Waals surface area contributed by atoms with Crippen LogP contribution in [-0.2, 0) is 9.53 Å². The predicted octanol–water partition coefficient (Wildman–Crippen LogP) is 3.16. The maximum Gasteiger partial charge on any atom is 0.246 e. The highest BCUT2D eigenvalue weighted by molar-refractivity contribution is 6.24. The number of rotatable bonds is 4. The van der Waals surface area contributed by atoms with E-state index in [4.69, 9.17) is 16.3 Å². The molecule has 0 aromatic carbocycles. The van der Waals surface area contributed by atoms with E-state index in [2.05, 4.69) is 10.9 Å². The second-order valence-electron chi connectivity index (χ2n) is 8.66. The highest BCUT2D eigenvalue weighted by Gasteiger charge is 2.55. The molecule has 0 aromatic rings. The van der Waals surface area contributed by atoms with Crippen LogP contribution in [0.4, 0.5) is 4.39 Å². The van der Waals surface area contributed by atoms with Crippen LogP contribution in [0.5, 0.6) is 0 Å². The number of amides is 1. The number of likely N-dealkylation sites (tertiary alicyclic amines) is 1. The lowest BCUT2D eigenvalue weighted by molar-refractivity contribution is -0.147. The van der Waals surface area contributed by atoms with Crippen LogP contribution in [0.3, 0.4) is 0 Å². The average molecular weight is 404 g/mol. The number of alkyl halides is 2. The first-order valence-corrected chi connectivity index (χ1v) is 11.1. The highest BCUT2D eigenvalue weighted by atomic mass is 35.5. The Balaban J connectivity index is 1.74. The van der Waals surface area contributed by atoms with Gasteiger partial charge in [0.15, 0.2) is 0 Å². The van der Waals surface area contributed by atoms with Gasteiger partial charge >= 0.3 is 0 Å². The van der Waals surface area contributed by atoms with Gasteiger partial charge in [-0.05, 0) is 39.0 Å². The number of halogens is 2. The third kappa shape index (κ3) is 4.60. The largest absolute Gasteiger partial charge is 0.372 e. The van der Waals surface area contributed by atoms with Gasteiger partial charge in [-0.15, -0.1) is 11.6 Å². The van der Waals surface area contributed by atoms with Gasteiger partial charge in [-0.1, -0.05) is 32.1 Å². The smallest absolute Gasteiger partial charge is 0.246 e. The fourth-order valence-corrected chi connectivity index (χ4v) is 5.39. The minimum Gasteiger partial charge on any atom is -0.372 e. The third-order valence-electron chi connectivity index (χ3n) is 6.39. The molecule has 2 N–H and O–H groups in total. The number of hydrogen-bond donors (Lipinski definition) is 2. The summed E-state index contributed by atoms with van der Waals surface area (Å²) in [6.45, 7) is 5.00. The molecule has 0 aromatic heterocycles. The van der Waals surface area contributed by atoms with Gasteiger partial charge in [0.2, 0.25) is 5.91 Å². The number of carbonyl (C=O) groups is 1. The Hall–Kier alpha value is -0.430. The van der Waals surface area contributed by atoms with Crippen LogP contribution in [0, 0.1) is 5.92 Å². The van der Waals surface area contributed by atoms with E-state index in [-0.39, 0.29) is 29.9 Å². The Kier molecular flexibility index (Phi) is 7.39. The first-order valence-electron chi connectivity index (χ1n) is 10.7. The summed E-state index contributed by atoms with van der Waals surface area (Å²) in [5, 5.41) is -0.322. The topological polar surface area (TPSA) is 53.6 Å². The van der Waals surface area contributed by atoms with Gasteiger partial charge in [-0.3, -0.25) is 10.2 Å². The lowest BCUT2D eigenvalue weighted by Gasteiger charge is -2.44. The lowest BCUT2D eigenvalue weighted by atomic mass is 9.74. The van der Waals surface area contributed by atoms with Crippen molar-refractivity contribution in [1.82, 2.24) is 15.8 Å². The molecule has 0 spiro atoms.